The third-order valence-electron chi connectivity index (χ3n) is 2.62. The van der Waals surface area contributed by atoms with Crippen molar-refractivity contribution in [3.63, 3.8) is 0 Å². The lowest BCUT2D eigenvalue weighted by atomic mass is 10.0. The van der Waals surface area contributed by atoms with Crippen molar-refractivity contribution in [1.82, 2.24) is 5.32 Å². The number of carboxylic acids is 1. The molecule has 1 unspecified atom stereocenters. The monoisotopic (exact) mass is 300 g/mol. The summed E-state index contributed by atoms with van der Waals surface area (Å²) in [6, 6.07) is 0.174. The van der Waals surface area contributed by atoms with Gasteiger partial charge in [-0.25, -0.2) is 4.79 Å². The smallest absolute Gasteiger partial charge is 0.326 e. The summed E-state index contributed by atoms with van der Waals surface area (Å²) >= 11 is 0.977. The van der Waals surface area contributed by atoms with Gasteiger partial charge in [-0.05, 0) is 19.3 Å². The summed E-state index contributed by atoms with van der Waals surface area (Å²) in [5, 5.41) is 22.2. The third-order valence-corrected chi connectivity index (χ3v) is 3.66. The molecule has 1 atom stereocenters. The lowest BCUT2D eigenvalue weighted by Crippen LogP contribution is -2.41. The van der Waals surface area contributed by atoms with Crippen molar-refractivity contribution in [2.75, 3.05) is 0 Å². The number of aliphatic carboxylic acids is 1. The van der Waals surface area contributed by atoms with E-state index in [1.54, 1.807) is 6.92 Å². The van der Waals surface area contributed by atoms with Gasteiger partial charge in [-0.3, -0.25) is 14.9 Å². The van der Waals surface area contributed by atoms with Crippen LogP contribution in [-0.2, 0) is 4.79 Å². The Hall–Kier alpha value is -1.96. The zero-order valence-corrected chi connectivity index (χ0v) is 12.2. The molecule has 1 aromatic heterocycles. The van der Waals surface area contributed by atoms with Crippen LogP contribution in [-0.4, -0.2) is 27.9 Å². The van der Waals surface area contributed by atoms with Crippen LogP contribution in [0.2, 0.25) is 0 Å². The maximum atomic E-state index is 11.9. The topological polar surface area (TPSA) is 110 Å². The van der Waals surface area contributed by atoms with Crippen LogP contribution in [0, 0.1) is 23.0 Å². The maximum Gasteiger partial charge on any atom is 0.326 e. The minimum atomic E-state index is -1.12. The minimum Gasteiger partial charge on any atom is -0.480 e. The van der Waals surface area contributed by atoms with E-state index in [9.17, 15) is 19.7 Å². The van der Waals surface area contributed by atoms with Gasteiger partial charge in [-0.15, -0.1) is 11.3 Å². The van der Waals surface area contributed by atoms with Crippen LogP contribution in [0.15, 0.2) is 6.07 Å². The number of carbonyl (C=O) groups excluding carboxylic acids is 1. The van der Waals surface area contributed by atoms with Gasteiger partial charge in [0.25, 0.3) is 11.6 Å². The molecule has 0 saturated carbocycles. The summed E-state index contributed by atoms with van der Waals surface area (Å²) < 4.78 is 0. The normalized spacial score (nSPS) is 12.2. The third kappa shape index (κ3) is 4.02. The quantitative estimate of drug-likeness (QED) is 0.618. The SMILES string of the molecule is Cc1sc(C(=O)NC(CC(C)C)C(=O)O)cc1[N+](=O)[O-]. The fraction of sp³-hybridized carbons (Fsp3) is 0.500. The van der Waals surface area contributed by atoms with E-state index in [0.717, 1.165) is 11.3 Å². The lowest BCUT2D eigenvalue weighted by Gasteiger charge is -2.15. The highest BCUT2D eigenvalue weighted by Gasteiger charge is 2.25. The molecule has 1 rings (SSSR count). The molecule has 2 N–H and O–H groups in total. The second-order valence-electron chi connectivity index (χ2n) is 4.80. The van der Waals surface area contributed by atoms with Crippen LogP contribution >= 0.6 is 11.3 Å². The van der Waals surface area contributed by atoms with Gasteiger partial charge in [0.1, 0.15) is 6.04 Å². The van der Waals surface area contributed by atoms with E-state index in [1.807, 2.05) is 13.8 Å². The molecule has 0 saturated heterocycles. The van der Waals surface area contributed by atoms with Crippen molar-refractivity contribution in [1.29, 1.82) is 0 Å². The number of carbonyl (C=O) groups is 2. The Labute approximate surface area is 119 Å². The highest BCUT2D eigenvalue weighted by atomic mass is 32.1. The first-order valence-corrected chi connectivity index (χ1v) is 6.82. The molecule has 0 fully saturated rings. The summed E-state index contributed by atoms with van der Waals surface area (Å²) in [6.07, 6.45) is 0.299. The molecule has 1 aromatic rings. The van der Waals surface area contributed by atoms with Crippen molar-refractivity contribution in [2.24, 2.45) is 5.92 Å². The molecule has 20 heavy (non-hydrogen) atoms. The fourth-order valence-corrected chi connectivity index (χ4v) is 2.58. The second kappa shape index (κ2) is 6.47. The largest absolute Gasteiger partial charge is 0.480 e. The zero-order valence-electron chi connectivity index (χ0n) is 11.4. The fourth-order valence-electron chi connectivity index (χ4n) is 1.69. The predicted octanol–water partition coefficient (Wildman–Crippen LogP) is 2.19. The van der Waals surface area contributed by atoms with Crippen LogP contribution in [0.3, 0.4) is 0 Å². The highest BCUT2D eigenvalue weighted by Crippen LogP contribution is 2.28. The van der Waals surface area contributed by atoms with E-state index in [4.69, 9.17) is 5.11 Å². The molecule has 1 heterocycles. The number of hydrogen-bond acceptors (Lipinski definition) is 5. The molecule has 110 valence electrons. The molecule has 7 nitrogen and oxygen atoms in total. The molecule has 0 radical (unpaired) electrons. The van der Waals surface area contributed by atoms with Crippen molar-refractivity contribution < 1.29 is 19.6 Å². The Morgan fingerprint density at radius 3 is 2.50 bits per heavy atom. The second-order valence-corrected chi connectivity index (χ2v) is 6.06. The number of aryl methyl sites for hydroxylation is 1. The van der Waals surface area contributed by atoms with Gasteiger partial charge in [0.15, 0.2) is 0 Å². The number of thiophene rings is 1. The van der Waals surface area contributed by atoms with E-state index in [2.05, 4.69) is 5.32 Å². The van der Waals surface area contributed by atoms with Gasteiger partial charge in [0, 0.05) is 6.07 Å². The van der Waals surface area contributed by atoms with Crippen molar-refractivity contribution in [2.45, 2.75) is 33.2 Å². The Morgan fingerprint density at radius 2 is 2.10 bits per heavy atom. The molecule has 1 amide bonds. The predicted molar refractivity (Wildman–Crippen MR) is 74.1 cm³/mol. The van der Waals surface area contributed by atoms with Crippen LogP contribution in [0.4, 0.5) is 5.69 Å². The molecule has 0 spiro atoms. The Kier molecular flexibility index (Phi) is 5.20. The van der Waals surface area contributed by atoms with Crippen LogP contribution in [0.5, 0.6) is 0 Å². The molecule has 0 aliphatic heterocycles. The molecular formula is C12H16N2O5S. The van der Waals surface area contributed by atoms with E-state index < -0.39 is 22.8 Å². The average Bonchev–Trinajstić information content (AvgIpc) is 2.69. The van der Waals surface area contributed by atoms with Gasteiger partial charge in [-0.1, -0.05) is 13.8 Å². The Balaban J connectivity index is 2.86. The summed E-state index contributed by atoms with van der Waals surface area (Å²) in [5.41, 5.74) is -0.129. The van der Waals surface area contributed by atoms with Gasteiger partial charge in [-0.2, -0.15) is 0 Å². The first-order chi connectivity index (χ1) is 9.22. The van der Waals surface area contributed by atoms with E-state index >= 15 is 0 Å². The van der Waals surface area contributed by atoms with Crippen LogP contribution in [0.25, 0.3) is 0 Å². The van der Waals surface area contributed by atoms with Gasteiger partial charge >= 0.3 is 5.97 Å². The Bertz CT molecular complexity index is 538. The van der Waals surface area contributed by atoms with Crippen LogP contribution in [0.1, 0.15) is 34.8 Å². The van der Waals surface area contributed by atoms with Crippen molar-refractivity contribution >= 4 is 28.9 Å². The standard InChI is InChI=1S/C12H16N2O5S/c1-6(2)4-8(12(16)17)13-11(15)10-5-9(14(18)19)7(3)20-10/h5-6,8H,4H2,1-3H3,(H,13,15)(H,16,17). The number of rotatable bonds is 6. The number of nitrogens with one attached hydrogen (secondary N) is 1. The number of carboxylic acid groups (broad SMARTS) is 1. The maximum absolute atomic E-state index is 11.9. The first kappa shape index (κ1) is 16.1. The first-order valence-electron chi connectivity index (χ1n) is 6.00. The Morgan fingerprint density at radius 1 is 1.50 bits per heavy atom. The van der Waals surface area contributed by atoms with Crippen molar-refractivity contribution in [3.8, 4) is 0 Å². The summed E-state index contributed by atoms with van der Waals surface area (Å²) in [7, 11) is 0. The van der Waals surface area contributed by atoms with E-state index in [0.29, 0.717) is 11.3 Å². The number of amides is 1. The summed E-state index contributed by atoms with van der Waals surface area (Å²) in [4.78, 5) is 33.7. The number of hydrogen-bond donors (Lipinski definition) is 2. The zero-order chi connectivity index (χ0) is 15.4. The lowest BCUT2D eigenvalue weighted by molar-refractivity contribution is -0.385. The number of nitro groups is 1. The van der Waals surface area contributed by atoms with E-state index in [-0.39, 0.29) is 16.5 Å². The minimum absolute atomic E-state index is 0.107. The highest BCUT2D eigenvalue weighted by molar-refractivity contribution is 7.14. The van der Waals surface area contributed by atoms with Gasteiger partial charge in [0.05, 0.1) is 14.7 Å². The van der Waals surface area contributed by atoms with E-state index in [1.165, 1.54) is 6.07 Å². The molecule has 0 aromatic carbocycles. The van der Waals surface area contributed by atoms with Crippen molar-refractivity contribution in [3.05, 3.63) is 25.9 Å². The average molecular weight is 300 g/mol. The molecule has 0 bridgehead atoms. The molecule has 0 aliphatic carbocycles. The summed E-state index contributed by atoms with van der Waals surface area (Å²) in [5.74, 6) is -1.61. The van der Waals surface area contributed by atoms with Gasteiger partial charge < -0.3 is 10.4 Å². The van der Waals surface area contributed by atoms with Gasteiger partial charge in [0.2, 0.25) is 0 Å². The molecular weight excluding hydrogens is 284 g/mol. The number of nitrogens with zero attached hydrogens (tertiary/aromatic N) is 1. The molecule has 0 aliphatic rings. The van der Waals surface area contributed by atoms with Crippen LogP contribution < -0.4 is 5.32 Å². The molecule has 8 heteroatoms. The summed E-state index contributed by atoms with van der Waals surface area (Å²) in [6.45, 7) is 5.24.